The Hall–Kier alpha value is -3.23. The van der Waals surface area contributed by atoms with Gasteiger partial charge in [-0.3, -0.25) is 0 Å². The molecule has 1 aliphatic rings. The first-order valence-corrected chi connectivity index (χ1v) is 13.1. The largest absolute Gasteiger partial charge is 0.444 e. The maximum Gasteiger partial charge on any atom is 0.410 e. The van der Waals surface area contributed by atoms with Crippen molar-refractivity contribution in [3.05, 3.63) is 35.9 Å². The summed E-state index contributed by atoms with van der Waals surface area (Å²) in [5, 5.41) is 2.75. The highest BCUT2D eigenvalue weighted by molar-refractivity contribution is 7.89. The number of ether oxygens (including phenoxy) is 1. The SMILES string of the molecule is CC(C)(C)OC(=O)N1CCC(Nc2ncnc3ccc(-c4cnc(Cl)c(S(=O)(=O)N(F)F)c4)nc23)CC1. The zero-order valence-corrected chi connectivity index (χ0v) is 21.7. The Morgan fingerprint density at radius 3 is 2.54 bits per heavy atom. The Morgan fingerprint density at radius 1 is 1.19 bits per heavy atom. The molecule has 1 aliphatic heterocycles. The molecule has 0 atom stereocenters. The van der Waals surface area contributed by atoms with Gasteiger partial charge in [-0.05, 0) is 51.8 Å². The second kappa shape index (κ2) is 10.3. The van der Waals surface area contributed by atoms with E-state index < -0.39 is 30.4 Å². The van der Waals surface area contributed by atoms with Crippen molar-refractivity contribution in [3.63, 3.8) is 0 Å². The topological polar surface area (TPSA) is 131 Å². The molecule has 0 spiro atoms. The monoisotopic (exact) mass is 555 g/mol. The van der Waals surface area contributed by atoms with E-state index in [4.69, 9.17) is 16.3 Å². The van der Waals surface area contributed by atoms with Gasteiger partial charge in [-0.1, -0.05) is 20.6 Å². The van der Waals surface area contributed by atoms with Crippen LogP contribution >= 0.6 is 11.6 Å². The molecule has 0 aromatic carbocycles. The Labute approximate surface area is 216 Å². The number of piperidine rings is 1. The van der Waals surface area contributed by atoms with Gasteiger partial charge in [0.05, 0.1) is 11.2 Å². The molecule has 3 aromatic heterocycles. The molecule has 1 fully saturated rings. The molecular weight excluding hydrogens is 532 g/mol. The van der Waals surface area contributed by atoms with E-state index in [9.17, 15) is 22.2 Å². The third-order valence-corrected chi connectivity index (χ3v) is 7.18. The van der Waals surface area contributed by atoms with E-state index in [0.717, 1.165) is 6.07 Å². The highest BCUT2D eigenvalue weighted by Gasteiger charge is 2.30. The van der Waals surface area contributed by atoms with Crippen LogP contribution in [-0.2, 0) is 14.8 Å². The number of hydrogen-bond acceptors (Lipinski definition) is 9. The van der Waals surface area contributed by atoms with Crippen LogP contribution in [0.2, 0.25) is 5.15 Å². The molecule has 0 saturated carbocycles. The van der Waals surface area contributed by atoms with E-state index in [1.54, 1.807) is 17.0 Å². The predicted octanol–water partition coefficient (Wildman–Crippen LogP) is 4.31. The zero-order valence-electron chi connectivity index (χ0n) is 20.2. The smallest absolute Gasteiger partial charge is 0.410 e. The molecule has 0 radical (unpaired) electrons. The number of carbonyl (C=O) groups excluding carboxylic acids is 1. The lowest BCUT2D eigenvalue weighted by atomic mass is 10.1. The van der Waals surface area contributed by atoms with Crippen molar-refractivity contribution in [2.45, 2.75) is 50.2 Å². The van der Waals surface area contributed by atoms with E-state index in [1.165, 1.54) is 12.5 Å². The highest BCUT2D eigenvalue weighted by Crippen LogP contribution is 2.30. The number of rotatable bonds is 5. The van der Waals surface area contributed by atoms with Crippen molar-refractivity contribution in [1.29, 1.82) is 0 Å². The molecule has 1 saturated heterocycles. The molecule has 3 aromatic rings. The van der Waals surface area contributed by atoms with Crippen LogP contribution in [0.15, 0.2) is 35.6 Å². The van der Waals surface area contributed by atoms with Gasteiger partial charge < -0.3 is 15.0 Å². The summed E-state index contributed by atoms with van der Waals surface area (Å²) in [6, 6.07) is 4.18. The number of nitrogens with zero attached hydrogens (tertiary/aromatic N) is 6. The number of pyridine rings is 2. The van der Waals surface area contributed by atoms with Crippen LogP contribution in [0.25, 0.3) is 22.3 Å². The molecule has 11 nitrogen and oxygen atoms in total. The summed E-state index contributed by atoms with van der Waals surface area (Å²) in [7, 11) is -5.13. The fourth-order valence-corrected chi connectivity index (χ4v) is 4.84. The van der Waals surface area contributed by atoms with Crippen molar-refractivity contribution in [2.75, 3.05) is 18.4 Å². The lowest BCUT2D eigenvalue weighted by molar-refractivity contribution is -0.0538. The van der Waals surface area contributed by atoms with Gasteiger partial charge in [0.2, 0.25) is 0 Å². The van der Waals surface area contributed by atoms with Crippen LogP contribution in [0.4, 0.5) is 19.6 Å². The molecule has 198 valence electrons. The van der Waals surface area contributed by atoms with E-state index in [2.05, 4.69) is 25.3 Å². The molecule has 0 aliphatic carbocycles. The normalized spacial score (nSPS) is 15.3. The summed E-state index contributed by atoms with van der Waals surface area (Å²) in [4.78, 5) is 29.9. The zero-order chi connectivity index (χ0) is 27.0. The van der Waals surface area contributed by atoms with Crippen molar-refractivity contribution in [2.24, 2.45) is 0 Å². The van der Waals surface area contributed by atoms with Crippen molar-refractivity contribution < 1.29 is 26.9 Å². The highest BCUT2D eigenvalue weighted by atomic mass is 35.5. The second-order valence-electron chi connectivity index (χ2n) is 9.36. The van der Waals surface area contributed by atoms with E-state index in [-0.39, 0.29) is 23.4 Å². The first-order valence-electron chi connectivity index (χ1n) is 11.2. The van der Waals surface area contributed by atoms with Crippen LogP contribution in [0.3, 0.4) is 0 Å². The summed E-state index contributed by atoms with van der Waals surface area (Å²) in [5.41, 5.74) is 0.756. The van der Waals surface area contributed by atoms with Crippen LogP contribution in [0.5, 0.6) is 0 Å². The lowest BCUT2D eigenvalue weighted by Crippen LogP contribution is -2.44. The molecule has 0 unspecified atom stereocenters. The average molecular weight is 556 g/mol. The van der Waals surface area contributed by atoms with Gasteiger partial charge in [-0.15, -0.1) is 0 Å². The molecule has 37 heavy (non-hydrogen) atoms. The average Bonchev–Trinajstić information content (AvgIpc) is 2.83. The molecule has 0 bridgehead atoms. The number of anilines is 1. The minimum atomic E-state index is -5.13. The molecular formula is C22H24ClF2N7O4S. The minimum absolute atomic E-state index is 0.00345. The first kappa shape index (κ1) is 26.8. The Bertz CT molecular complexity index is 1430. The lowest BCUT2D eigenvalue weighted by Gasteiger charge is -2.33. The fraction of sp³-hybridized carbons (Fsp3) is 0.409. The fourth-order valence-electron chi connectivity index (χ4n) is 3.76. The molecule has 15 heteroatoms. The third-order valence-electron chi connectivity index (χ3n) is 5.53. The number of aromatic nitrogens is 4. The van der Waals surface area contributed by atoms with Gasteiger partial charge in [0.15, 0.2) is 5.82 Å². The Kier molecular flexibility index (Phi) is 7.44. The minimum Gasteiger partial charge on any atom is -0.444 e. The standard InChI is InChI=1S/C22H24ClF2N7O4S/c1-22(2,3)36-21(33)31-8-6-14(7-9-31)29-20-18-16(27-12-28-20)5-4-15(30-18)13-10-17(19(23)26-11-13)37(34,35)32(24)25/h4-5,10-12,14H,6-9H2,1-3H3,(H,27,28,29). The second-order valence-corrected chi connectivity index (χ2v) is 11.4. The predicted molar refractivity (Wildman–Crippen MR) is 131 cm³/mol. The van der Waals surface area contributed by atoms with Gasteiger partial charge in [0, 0.05) is 30.9 Å². The van der Waals surface area contributed by atoms with Crippen LogP contribution < -0.4 is 5.32 Å². The summed E-state index contributed by atoms with van der Waals surface area (Å²) < 4.78 is 53.2. The Balaban J connectivity index is 1.57. The van der Waals surface area contributed by atoms with Gasteiger partial charge in [0.1, 0.15) is 32.2 Å². The van der Waals surface area contributed by atoms with Crippen molar-refractivity contribution >= 4 is 44.6 Å². The van der Waals surface area contributed by atoms with E-state index >= 15 is 0 Å². The Morgan fingerprint density at radius 2 is 1.89 bits per heavy atom. The summed E-state index contributed by atoms with van der Waals surface area (Å²) in [6.45, 7) is 6.45. The number of carbonyl (C=O) groups is 1. The van der Waals surface area contributed by atoms with Crippen molar-refractivity contribution in [3.8, 4) is 11.3 Å². The summed E-state index contributed by atoms with van der Waals surface area (Å²) >= 11 is 5.77. The van der Waals surface area contributed by atoms with Gasteiger partial charge in [-0.2, -0.15) is 0 Å². The summed E-state index contributed by atoms with van der Waals surface area (Å²) in [6.07, 6.45) is 3.56. The maximum absolute atomic E-state index is 12.9. The quantitative estimate of drug-likeness (QED) is 0.361. The number of nitrogens with one attached hydrogen (secondary N) is 1. The van der Waals surface area contributed by atoms with E-state index in [0.29, 0.717) is 42.8 Å². The number of halogens is 3. The molecule has 4 rings (SSSR count). The molecule has 1 amide bonds. The van der Waals surface area contributed by atoms with Gasteiger partial charge in [0.25, 0.3) is 10.0 Å². The van der Waals surface area contributed by atoms with Crippen LogP contribution in [-0.4, -0.2) is 68.8 Å². The van der Waals surface area contributed by atoms with Crippen LogP contribution in [0, 0.1) is 0 Å². The van der Waals surface area contributed by atoms with Crippen molar-refractivity contribution in [1.82, 2.24) is 29.6 Å². The number of hydrogen-bond donors (Lipinski definition) is 1. The number of fused-ring (bicyclic) bond motifs is 1. The first-order chi connectivity index (χ1) is 17.3. The number of amides is 1. The maximum atomic E-state index is 12.9. The molecule has 4 heterocycles. The summed E-state index contributed by atoms with van der Waals surface area (Å²) in [5.74, 6) is 0.441. The molecule has 1 N–H and O–H groups in total. The number of likely N-dealkylation sites (tertiary alicyclic amines) is 1. The third kappa shape index (κ3) is 6.02. The van der Waals surface area contributed by atoms with E-state index in [1.807, 2.05) is 20.8 Å². The van der Waals surface area contributed by atoms with Gasteiger partial charge >= 0.3 is 6.09 Å². The number of sulfonamides is 1. The van der Waals surface area contributed by atoms with Gasteiger partial charge in [-0.25, -0.2) is 33.1 Å². The van der Waals surface area contributed by atoms with Crippen LogP contribution in [0.1, 0.15) is 33.6 Å².